The molecule has 1 aromatic carbocycles. The van der Waals surface area contributed by atoms with Crippen LogP contribution in [-0.4, -0.2) is 18.7 Å². The highest BCUT2D eigenvalue weighted by Gasteiger charge is 2.39. The van der Waals surface area contributed by atoms with E-state index in [0.717, 1.165) is 18.4 Å². The lowest BCUT2D eigenvalue weighted by molar-refractivity contribution is 0.145. The van der Waals surface area contributed by atoms with Crippen LogP contribution < -0.4 is 5.32 Å². The van der Waals surface area contributed by atoms with Crippen molar-refractivity contribution in [2.24, 2.45) is 0 Å². The lowest BCUT2D eigenvalue weighted by Crippen LogP contribution is -2.27. The Kier molecular flexibility index (Phi) is 3.61. The Morgan fingerprint density at radius 2 is 2.18 bits per heavy atom. The standard InChI is InChI=1S/C13H16FNO2/c1-2-7-17-13(16)15-12-8-11(12)9-3-5-10(14)6-4-9/h3-6,11-12H,2,7-8H2,1H3,(H,15,16)/t11-,12+/m0/s1. The van der Waals surface area contributed by atoms with Crippen molar-refractivity contribution in [3.8, 4) is 0 Å². The fourth-order valence-corrected chi connectivity index (χ4v) is 1.82. The fourth-order valence-electron chi connectivity index (χ4n) is 1.82. The van der Waals surface area contributed by atoms with Gasteiger partial charge in [-0.3, -0.25) is 0 Å². The van der Waals surface area contributed by atoms with E-state index in [-0.39, 0.29) is 18.0 Å². The first-order chi connectivity index (χ1) is 8.20. The molecule has 1 saturated carbocycles. The Morgan fingerprint density at radius 1 is 1.47 bits per heavy atom. The molecule has 0 spiro atoms. The quantitative estimate of drug-likeness (QED) is 0.874. The summed E-state index contributed by atoms with van der Waals surface area (Å²) in [6.07, 6.45) is 1.35. The number of hydrogen-bond acceptors (Lipinski definition) is 2. The molecule has 0 radical (unpaired) electrons. The van der Waals surface area contributed by atoms with Crippen molar-refractivity contribution in [2.75, 3.05) is 6.61 Å². The SMILES string of the molecule is CCCOC(=O)N[C@@H]1C[C@H]1c1ccc(F)cc1. The maximum Gasteiger partial charge on any atom is 0.407 e. The first kappa shape index (κ1) is 11.9. The molecule has 3 nitrogen and oxygen atoms in total. The van der Waals surface area contributed by atoms with Crippen molar-refractivity contribution >= 4 is 6.09 Å². The maximum atomic E-state index is 12.7. The fraction of sp³-hybridized carbons (Fsp3) is 0.462. The molecule has 0 unspecified atom stereocenters. The number of benzene rings is 1. The number of alkyl carbamates (subject to hydrolysis) is 1. The summed E-state index contributed by atoms with van der Waals surface area (Å²) in [6, 6.07) is 6.54. The normalized spacial score (nSPS) is 22.0. The summed E-state index contributed by atoms with van der Waals surface area (Å²) < 4.78 is 17.7. The first-order valence-electron chi connectivity index (χ1n) is 5.89. The van der Waals surface area contributed by atoms with E-state index < -0.39 is 0 Å². The summed E-state index contributed by atoms with van der Waals surface area (Å²) in [6.45, 7) is 2.39. The Hall–Kier alpha value is -1.58. The highest BCUT2D eigenvalue weighted by atomic mass is 19.1. The van der Waals surface area contributed by atoms with E-state index in [9.17, 15) is 9.18 Å². The minimum atomic E-state index is -0.360. The molecule has 1 fully saturated rings. The zero-order chi connectivity index (χ0) is 12.3. The van der Waals surface area contributed by atoms with Gasteiger partial charge in [0.25, 0.3) is 0 Å². The van der Waals surface area contributed by atoms with Crippen LogP contribution in [0.4, 0.5) is 9.18 Å². The van der Waals surface area contributed by atoms with Crippen LogP contribution >= 0.6 is 0 Å². The molecule has 0 aromatic heterocycles. The van der Waals surface area contributed by atoms with E-state index >= 15 is 0 Å². The van der Waals surface area contributed by atoms with E-state index in [4.69, 9.17) is 4.74 Å². The lowest BCUT2D eigenvalue weighted by Gasteiger charge is -2.05. The Bertz CT molecular complexity index is 391. The van der Waals surface area contributed by atoms with Gasteiger partial charge in [-0.15, -0.1) is 0 Å². The third-order valence-corrected chi connectivity index (χ3v) is 2.83. The van der Waals surface area contributed by atoms with Gasteiger partial charge in [0, 0.05) is 12.0 Å². The van der Waals surface area contributed by atoms with Crippen LogP contribution in [0.2, 0.25) is 0 Å². The molecule has 0 saturated heterocycles. The molecule has 17 heavy (non-hydrogen) atoms. The van der Waals surface area contributed by atoms with Gasteiger partial charge < -0.3 is 10.1 Å². The smallest absolute Gasteiger partial charge is 0.407 e. The van der Waals surface area contributed by atoms with Gasteiger partial charge in [-0.1, -0.05) is 19.1 Å². The van der Waals surface area contributed by atoms with E-state index in [0.29, 0.717) is 12.5 Å². The molecule has 92 valence electrons. The van der Waals surface area contributed by atoms with E-state index in [1.165, 1.54) is 12.1 Å². The summed E-state index contributed by atoms with van der Waals surface area (Å²) in [7, 11) is 0. The number of rotatable bonds is 4. The summed E-state index contributed by atoms with van der Waals surface area (Å²) in [5, 5.41) is 2.80. The average molecular weight is 237 g/mol. The van der Waals surface area contributed by atoms with Crippen LogP contribution in [0.15, 0.2) is 24.3 Å². The molecule has 0 bridgehead atoms. The van der Waals surface area contributed by atoms with Crippen LogP contribution in [0.1, 0.15) is 31.2 Å². The number of ether oxygens (including phenoxy) is 1. The molecule has 0 aliphatic heterocycles. The van der Waals surface area contributed by atoms with Crippen molar-refractivity contribution in [1.82, 2.24) is 5.32 Å². The number of amides is 1. The van der Waals surface area contributed by atoms with Crippen molar-refractivity contribution in [2.45, 2.75) is 31.7 Å². The Labute approximate surface area is 100.0 Å². The number of hydrogen-bond donors (Lipinski definition) is 1. The first-order valence-corrected chi connectivity index (χ1v) is 5.89. The third-order valence-electron chi connectivity index (χ3n) is 2.83. The molecule has 1 amide bonds. The van der Waals surface area contributed by atoms with Gasteiger partial charge in [0.2, 0.25) is 0 Å². The molecule has 1 aromatic rings. The van der Waals surface area contributed by atoms with Crippen LogP contribution in [0.5, 0.6) is 0 Å². The van der Waals surface area contributed by atoms with Crippen LogP contribution in [0.3, 0.4) is 0 Å². The number of halogens is 1. The molecular weight excluding hydrogens is 221 g/mol. The molecule has 4 heteroatoms. The van der Waals surface area contributed by atoms with Gasteiger partial charge in [0.1, 0.15) is 5.82 Å². The minimum Gasteiger partial charge on any atom is -0.450 e. The highest BCUT2D eigenvalue weighted by molar-refractivity contribution is 5.68. The lowest BCUT2D eigenvalue weighted by atomic mass is 10.1. The van der Waals surface area contributed by atoms with Gasteiger partial charge in [-0.05, 0) is 30.5 Å². The van der Waals surface area contributed by atoms with Crippen LogP contribution in [0.25, 0.3) is 0 Å². The topological polar surface area (TPSA) is 38.3 Å². The molecule has 1 N–H and O–H groups in total. The van der Waals surface area contributed by atoms with Crippen molar-refractivity contribution in [3.63, 3.8) is 0 Å². The largest absolute Gasteiger partial charge is 0.450 e. The summed E-state index contributed by atoms with van der Waals surface area (Å²) >= 11 is 0. The summed E-state index contributed by atoms with van der Waals surface area (Å²) in [4.78, 5) is 11.3. The van der Waals surface area contributed by atoms with Gasteiger partial charge >= 0.3 is 6.09 Å². The predicted molar refractivity (Wildman–Crippen MR) is 62.3 cm³/mol. The van der Waals surface area contributed by atoms with E-state index in [1.54, 1.807) is 12.1 Å². The second-order valence-electron chi connectivity index (χ2n) is 4.28. The number of carbonyl (C=O) groups excluding carboxylic acids is 1. The summed E-state index contributed by atoms with van der Waals surface area (Å²) in [5.74, 6) is 0.0611. The average Bonchev–Trinajstić information content (AvgIpc) is 3.06. The number of nitrogens with one attached hydrogen (secondary N) is 1. The van der Waals surface area contributed by atoms with E-state index in [2.05, 4.69) is 5.32 Å². The van der Waals surface area contributed by atoms with Gasteiger partial charge in [-0.2, -0.15) is 0 Å². The molecule has 2 atom stereocenters. The van der Waals surface area contributed by atoms with Crippen molar-refractivity contribution in [1.29, 1.82) is 0 Å². The Morgan fingerprint density at radius 3 is 2.82 bits per heavy atom. The van der Waals surface area contributed by atoms with Crippen molar-refractivity contribution in [3.05, 3.63) is 35.6 Å². The van der Waals surface area contributed by atoms with Crippen LogP contribution in [0, 0.1) is 5.82 Å². The molecule has 1 aliphatic rings. The molecule has 0 heterocycles. The maximum absolute atomic E-state index is 12.7. The molecule has 1 aliphatic carbocycles. The monoisotopic (exact) mass is 237 g/mol. The Balaban J connectivity index is 1.80. The summed E-state index contributed by atoms with van der Waals surface area (Å²) in [5.41, 5.74) is 1.06. The van der Waals surface area contributed by atoms with Crippen molar-refractivity contribution < 1.29 is 13.9 Å². The van der Waals surface area contributed by atoms with Crippen LogP contribution in [-0.2, 0) is 4.74 Å². The zero-order valence-corrected chi connectivity index (χ0v) is 9.78. The highest BCUT2D eigenvalue weighted by Crippen LogP contribution is 2.40. The predicted octanol–water partition coefficient (Wildman–Crippen LogP) is 2.82. The zero-order valence-electron chi connectivity index (χ0n) is 9.78. The molecule has 2 rings (SSSR count). The van der Waals surface area contributed by atoms with Gasteiger partial charge in [-0.25, -0.2) is 9.18 Å². The third kappa shape index (κ3) is 3.19. The van der Waals surface area contributed by atoms with E-state index in [1.807, 2.05) is 6.92 Å². The second-order valence-corrected chi connectivity index (χ2v) is 4.28. The van der Waals surface area contributed by atoms with Gasteiger partial charge in [0.15, 0.2) is 0 Å². The second kappa shape index (κ2) is 5.17. The van der Waals surface area contributed by atoms with Gasteiger partial charge in [0.05, 0.1) is 6.61 Å². The number of carbonyl (C=O) groups is 1. The molecular formula is C13H16FNO2. The minimum absolute atomic E-state index is 0.129.